The minimum Gasteiger partial charge on any atom is -0.366 e. The summed E-state index contributed by atoms with van der Waals surface area (Å²) in [5, 5.41) is 13.1. The monoisotopic (exact) mass is 279 g/mol. The Morgan fingerprint density at radius 3 is 2.67 bits per heavy atom. The number of nitriles is 1. The highest BCUT2D eigenvalue weighted by atomic mass is 15.1. The summed E-state index contributed by atoms with van der Waals surface area (Å²) in [7, 11) is 0. The van der Waals surface area contributed by atoms with E-state index in [1.165, 1.54) is 43.4 Å². The van der Waals surface area contributed by atoms with Crippen molar-refractivity contribution in [3.8, 4) is 6.07 Å². The molecule has 4 aliphatic carbocycles. The molecule has 1 N–H and O–H groups in total. The molecule has 0 aliphatic heterocycles. The van der Waals surface area contributed by atoms with Crippen molar-refractivity contribution in [2.75, 3.05) is 5.32 Å². The average Bonchev–Trinajstić information content (AvgIpc) is 2.91. The first kappa shape index (κ1) is 12.0. The summed E-state index contributed by atoms with van der Waals surface area (Å²) in [5.74, 6) is 4.56. The predicted octanol–water partition coefficient (Wildman–Crippen LogP) is 3.29. The standard InChI is InChI=1S/C18H21N3/c19-9-13-7-10-3-1-2-4-14(10)20-18(13)21-17-15-11-5-6-12(8-11)16(15)17/h7,11-12,15-17H,1-6,8H2,(H,20,21). The van der Waals surface area contributed by atoms with Gasteiger partial charge in [0.2, 0.25) is 0 Å². The lowest BCUT2D eigenvalue weighted by Gasteiger charge is -2.18. The molecule has 0 spiro atoms. The van der Waals surface area contributed by atoms with Gasteiger partial charge in [-0.25, -0.2) is 4.98 Å². The fraction of sp³-hybridized carbons (Fsp3) is 0.667. The van der Waals surface area contributed by atoms with Gasteiger partial charge in [0.1, 0.15) is 11.9 Å². The third kappa shape index (κ3) is 1.68. The first-order valence-electron chi connectivity index (χ1n) is 8.54. The van der Waals surface area contributed by atoms with Crippen LogP contribution in [0.5, 0.6) is 0 Å². The normalized spacial score (nSPS) is 38.5. The molecule has 0 radical (unpaired) electrons. The molecule has 3 saturated carbocycles. The first-order valence-corrected chi connectivity index (χ1v) is 8.54. The molecule has 1 aromatic rings. The van der Waals surface area contributed by atoms with Gasteiger partial charge in [0.05, 0.1) is 5.56 Å². The second kappa shape index (κ2) is 4.22. The number of hydrogen-bond donors (Lipinski definition) is 1. The van der Waals surface area contributed by atoms with Crippen LogP contribution in [-0.2, 0) is 12.8 Å². The van der Waals surface area contributed by atoms with Crippen LogP contribution in [0.25, 0.3) is 0 Å². The van der Waals surface area contributed by atoms with E-state index < -0.39 is 0 Å². The summed E-state index contributed by atoms with van der Waals surface area (Å²) in [4.78, 5) is 4.83. The summed E-state index contributed by atoms with van der Waals surface area (Å²) in [6.45, 7) is 0. The maximum Gasteiger partial charge on any atom is 0.144 e. The van der Waals surface area contributed by atoms with E-state index in [-0.39, 0.29) is 0 Å². The Kier molecular flexibility index (Phi) is 2.42. The fourth-order valence-corrected chi connectivity index (χ4v) is 5.51. The molecule has 108 valence electrons. The summed E-state index contributed by atoms with van der Waals surface area (Å²) in [6, 6.07) is 5.06. The second-order valence-corrected chi connectivity index (χ2v) is 7.47. The van der Waals surface area contributed by atoms with Crippen LogP contribution in [0.3, 0.4) is 0 Å². The van der Waals surface area contributed by atoms with Crippen molar-refractivity contribution in [2.45, 2.75) is 51.0 Å². The molecule has 3 heteroatoms. The van der Waals surface area contributed by atoms with Crippen LogP contribution >= 0.6 is 0 Å². The number of anilines is 1. The van der Waals surface area contributed by atoms with E-state index in [1.54, 1.807) is 0 Å². The number of nitrogens with zero attached hydrogens (tertiary/aromatic N) is 2. The van der Waals surface area contributed by atoms with Crippen molar-refractivity contribution in [2.24, 2.45) is 23.7 Å². The SMILES string of the molecule is N#Cc1cc2c(nc1NC1C3C4CCC(C4)C13)CCCC2. The van der Waals surface area contributed by atoms with Gasteiger partial charge in [-0.05, 0) is 80.2 Å². The molecule has 1 aromatic heterocycles. The van der Waals surface area contributed by atoms with Crippen molar-refractivity contribution < 1.29 is 0 Å². The summed E-state index contributed by atoms with van der Waals surface area (Å²) in [5.41, 5.74) is 3.30. The molecule has 21 heavy (non-hydrogen) atoms. The second-order valence-electron chi connectivity index (χ2n) is 7.47. The molecule has 4 atom stereocenters. The van der Waals surface area contributed by atoms with Crippen LogP contribution in [0.4, 0.5) is 5.82 Å². The summed E-state index contributed by atoms with van der Waals surface area (Å²) in [6.07, 6.45) is 9.00. The van der Waals surface area contributed by atoms with Crippen molar-refractivity contribution in [3.63, 3.8) is 0 Å². The Morgan fingerprint density at radius 1 is 1.14 bits per heavy atom. The Hall–Kier alpha value is -1.56. The number of pyridine rings is 1. The zero-order chi connectivity index (χ0) is 14.0. The fourth-order valence-electron chi connectivity index (χ4n) is 5.51. The van der Waals surface area contributed by atoms with Gasteiger partial charge >= 0.3 is 0 Å². The number of hydrogen-bond acceptors (Lipinski definition) is 3. The van der Waals surface area contributed by atoms with Gasteiger partial charge in [-0.2, -0.15) is 5.26 Å². The smallest absolute Gasteiger partial charge is 0.144 e. The van der Waals surface area contributed by atoms with Crippen molar-refractivity contribution >= 4 is 5.82 Å². The van der Waals surface area contributed by atoms with Crippen LogP contribution in [0.1, 0.15) is 48.9 Å². The average molecular weight is 279 g/mol. The van der Waals surface area contributed by atoms with Gasteiger partial charge in [0, 0.05) is 11.7 Å². The molecule has 5 rings (SSSR count). The van der Waals surface area contributed by atoms with Gasteiger partial charge in [-0.3, -0.25) is 0 Å². The molecule has 2 bridgehead atoms. The van der Waals surface area contributed by atoms with Crippen LogP contribution in [0, 0.1) is 35.0 Å². The highest BCUT2D eigenvalue weighted by Crippen LogP contribution is 2.66. The summed E-state index contributed by atoms with van der Waals surface area (Å²) >= 11 is 0. The molecule has 0 amide bonds. The van der Waals surface area contributed by atoms with E-state index in [0.29, 0.717) is 6.04 Å². The van der Waals surface area contributed by atoms with Gasteiger partial charge in [0.25, 0.3) is 0 Å². The molecule has 0 saturated heterocycles. The molecular formula is C18H21N3. The van der Waals surface area contributed by atoms with E-state index in [2.05, 4.69) is 17.5 Å². The Morgan fingerprint density at radius 2 is 1.90 bits per heavy atom. The Balaban J connectivity index is 1.43. The zero-order valence-electron chi connectivity index (χ0n) is 12.3. The minimum atomic E-state index is 0.609. The van der Waals surface area contributed by atoms with Gasteiger partial charge in [0.15, 0.2) is 0 Å². The lowest BCUT2D eigenvalue weighted by atomic mass is 9.95. The molecule has 0 aromatic carbocycles. The molecule has 3 nitrogen and oxygen atoms in total. The van der Waals surface area contributed by atoms with Crippen molar-refractivity contribution in [1.82, 2.24) is 4.98 Å². The van der Waals surface area contributed by atoms with Crippen LogP contribution in [0.2, 0.25) is 0 Å². The third-order valence-corrected chi connectivity index (χ3v) is 6.46. The van der Waals surface area contributed by atoms with Crippen LogP contribution in [0.15, 0.2) is 6.07 Å². The number of aromatic nitrogens is 1. The Labute approximate surface area is 125 Å². The number of nitrogens with one attached hydrogen (secondary N) is 1. The van der Waals surface area contributed by atoms with E-state index in [4.69, 9.17) is 4.98 Å². The van der Waals surface area contributed by atoms with Gasteiger partial charge in [-0.15, -0.1) is 0 Å². The number of fused-ring (bicyclic) bond motifs is 6. The van der Waals surface area contributed by atoms with Crippen LogP contribution in [-0.4, -0.2) is 11.0 Å². The predicted molar refractivity (Wildman–Crippen MR) is 80.8 cm³/mol. The number of rotatable bonds is 2. The third-order valence-electron chi connectivity index (χ3n) is 6.46. The summed E-state index contributed by atoms with van der Waals surface area (Å²) < 4.78 is 0. The minimum absolute atomic E-state index is 0.609. The molecule has 1 heterocycles. The highest BCUT2D eigenvalue weighted by Gasteiger charge is 2.65. The molecular weight excluding hydrogens is 258 g/mol. The van der Waals surface area contributed by atoms with E-state index in [9.17, 15) is 5.26 Å². The maximum atomic E-state index is 9.44. The molecule has 3 fully saturated rings. The molecule has 4 unspecified atom stereocenters. The van der Waals surface area contributed by atoms with Gasteiger partial charge in [-0.1, -0.05) is 0 Å². The van der Waals surface area contributed by atoms with E-state index in [1.807, 2.05) is 0 Å². The van der Waals surface area contributed by atoms with E-state index in [0.717, 1.165) is 47.9 Å². The first-order chi connectivity index (χ1) is 10.3. The zero-order valence-corrected chi connectivity index (χ0v) is 12.3. The van der Waals surface area contributed by atoms with Crippen molar-refractivity contribution in [3.05, 3.63) is 22.9 Å². The Bertz CT molecular complexity index is 629. The van der Waals surface area contributed by atoms with E-state index >= 15 is 0 Å². The molecule has 4 aliphatic rings. The number of aryl methyl sites for hydroxylation is 2. The highest BCUT2D eigenvalue weighted by molar-refractivity contribution is 5.56. The topological polar surface area (TPSA) is 48.7 Å². The van der Waals surface area contributed by atoms with Crippen LogP contribution < -0.4 is 5.32 Å². The lowest BCUT2D eigenvalue weighted by molar-refractivity contribution is 0.456. The van der Waals surface area contributed by atoms with Gasteiger partial charge < -0.3 is 5.32 Å². The quantitative estimate of drug-likeness (QED) is 0.903. The maximum absolute atomic E-state index is 9.44. The largest absolute Gasteiger partial charge is 0.366 e. The lowest BCUT2D eigenvalue weighted by Crippen LogP contribution is -2.16. The van der Waals surface area contributed by atoms with Crippen molar-refractivity contribution in [1.29, 1.82) is 5.26 Å².